The zero-order valence-corrected chi connectivity index (χ0v) is 15.5. The number of para-hydroxylation sites is 2. The molecule has 4 rings (SSSR count). The van der Waals surface area contributed by atoms with E-state index in [1.54, 1.807) is 11.0 Å². The van der Waals surface area contributed by atoms with Crippen LogP contribution < -0.4 is 5.56 Å². The van der Waals surface area contributed by atoms with Crippen molar-refractivity contribution in [3.05, 3.63) is 63.2 Å². The number of carbonyl (C=O) groups is 2. The number of benzene rings is 1. The minimum absolute atomic E-state index is 0.0362. The van der Waals surface area contributed by atoms with Crippen LogP contribution in [0.2, 0.25) is 0 Å². The number of ketones is 1. The van der Waals surface area contributed by atoms with E-state index in [9.17, 15) is 14.4 Å². The quantitative estimate of drug-likeness (QED) is 0.637. The summed E-state index contributed by atoms with van der Waals surface area (Å²) in [7, 11) is 0. The highest BCUT2D eigenvalue weighted by Crippen LogP contribution is 2.24. The molecule has 0 aliphatic carbocycles. The molecule has 1 aliphatic rings. The highest BCUT2D eigenvalue weighted by Gasteiger charge is 2.31. The Balaban J connectivity index is 1.53. The molecule has 3 heterocycles. The van der Waals surface area contributed by atoms with Gasteiger partial charge in [0.2, 0.25) is 5.91 Å². The van der Waals surface area contributed by atoms with Gasteiger partial charge >= 0.3 is 0 Å². The average Bonchev–Trinajstić information content (AvgIpc) is 3.36. The van der Waals surface area contributed by atoms with Gasteiger partial charge in [-0.2, -0.15) is 0 Å². The second kappa shape index (κ2) is 7.44. The normalized spacial score (nSPS) is 16.7. The molecule has 0 spiro atoms. The van der Waals surface area contributed by atoms with Crippen LogP contribution in [0, 0.1) is 0 Å². The summed E-state index contributed by atoms with van der Waals surface area (Å²) < 4.78 is 1.46. The molecule has 1 aromatic carbocycles. The number of hydrogen-bond acceptors (Lipinski definition) is 5. The Morgan fingerprint density at radius 2 is 2.04 bits per heavy atom. The number of amides is 1. The molecule has 1 aliphatic heterocycles. The molecule has 1 saturated heterocycles. The maximum atomic E-state index is 12.9. The number of nitrogens with zero attached hydrogens (tertiary/aromatic N) is 3. The van der Waals surface area contributed by atoms with Gasteiger partial charge in [-0.25, -0.2) is 4.98 Å². The van der Waals surface area contributed by atoms with E-state index < -0.39 is 0 Å². The number of carbonyl (C=O) groups excluding carboxylic acids is 2. The first-order valence-electron chi connectivity index (χ1n) is 8.94. The van der Waals surface area contributed by atoms with Gasteiger partial charge in [-0.3, -0.25) is 19.0 Å². The maximum Gasteiger partial charge on any atom is 0.269 e. The highest BCUT2D eigenvalue weighted by molar-refractivity contribution is 7.12. The average molecular weight is 381 g/mol. The van der Waals surface area contributed by atoms with Crippen molar-refractivity contribution in [1.29, 1.82) is 0 Å². The Morgan fingerprint density at radius 3 is 2.85 bits per heavy atom. The van der Waals surface area contributed by atoms with Crippen molar-refractivity contribution in [1.82, 2.24) is 14.5 Å². The monoisotopic (exact) mass is 381 g/mol. The first-order chi connectivity index (χ1) is 13.1. The molecule has 138 valence electrons. The van der Waals surface area contributed by atoms with Crippen molar-refractivity contribution in [2.45, 2.75) is 31.8 Å². The number of hydrogen-bond donors (Lipinski definition) is 0. The predicted molar refractivity (Wildman–Crippen MR) is 104 cm³/mol. The van der Waals surface area contributed by atoms with Gasteiger partial charge in [0.05, 0.1) is 22.1 Å². The van der Waals surface area contributed by atoms with Gasteiger partial charge in [-0.15, -0.1) is 11.3 Å². The second-order valence-electron chi connectivity index (χ2n) is 6.66. The van der Waals surface area contributed by atoms with Crippen molar-refractivity contribution in [2.75, 3.05) is 6.54 Å². The third kappa shape index (κ3) is 3.55. The molecule has 2 aromatic heterocycles. The fraction of sp³-hybridized carbons (Fsp3) is 0.300. The van der Waals surface area contributed by atoms with Crippen molar-refractivity contribution in [3.63, 3.8) is 0 Å². The van der Waals surface area contributed by atoms with Crippen LogP contribution in [0.15, 0.2) is 52.8 Å². The van der Waals surface area contributed by atoms with Crippen molar-refractivity contribution in [2.24, 2.45) is 0 Å². The van der Waals surface area contributed by atoms with Crippen LogP contribution in [-0.2, 0) is 11.3 Å². The first kappa shape index (κ1) is 17.6. The summed E-state index contributed by atoms with van der Waals surface area (Å²) >= 11 is 1.42. The van der Waals surface area contributed by atoms with E-state index in [0.717, 1.165) is 17.7 Å². The van der Waals surface area contributed by atoms with Crippen LogP contribution in [0.4, 0.5) is 0 Å². The summed E-state index contributed by atoms with van der Waals surface area (Å²) in [6, 6.07) is 10.8. The molecule has 7 heteroatoms. The van der Waals surface area contributed by atoms with E-state index in [0.29, 0.717) is 24.0 Å². The molecule has 0 bridgehead atoms. The minimum atomic E-state index is -0.299. The fourth-order valence-electron chi connectivity index (χ4n) is 3.63. The molecule has 3 aromatic rings. The van der Waals surface area contributed by atoms with Gasteiger partial charge in [0.15, 0.2) is 5.78 Å². The number of fused-ring (bicyclic) bond motifs is 1. The van der Waals surface area contributed by atoms with Crippen molar-refractivity contribution < 1.29 is 9.59 Å². The topological polar surface area (TPSA) is 72.3 Å². The van der Waals surface area contributed by atoms with Crippen molar-refractivity contribution >= 4 is 34.1 Å². The SMILES string of the molecule is O=C(CC1CCCN1C(=O)Cn1c(=O)cnc2ccccc21)c1cccs1. The standard InChI is InChI=1S/C20H19N3O3S/c24-17(18-8-4-10-27-18)11-14-5-3-9-22(14)20(26)13-23-16-7-2-1-6-15(16)21-12-19(23)25/h1-2,4,6-8,10,12,14H,3,5,9,11,13H2. The van der Waals surface area contributed by atoms with Crippen LogP contribution in [0.5, 0.6) is 0 Å². The summed E-state index contributed by atoms with van der Waals surface area (Å²) in [6.07, 6.45) is 3.27. The lowest BCUT2D eigenvalue weighted by Crippen LogP contribution is -2.40. The van der Waals surface area contributed by atoms with Gasteiger partial charge in [-0.1, -0.05) is 18.2 Å². The molecular formula is C20H19N3O3S. The number of rotatable bonds is 5. The molecule has 0 N–H and O–H groups in total. The molecule has 1 atom stereocenters. The summed E-state index contributed by atoms with van der Waals surface area (Å²) in [4.78, 5) is 44.2. The number of likely N-dealkylation sites (tertiary alicyclic amines) is 1. The molecule has 1 amide bonds. The Labute approximate surface area is 160 Å². The van der Waals surface area contributed by atoms with Crippen LogP contribution in [0.25, 0.3) is 11.0 Å². The van der Waals surface area contributed by atoms with E-state index in [1.165, 1.54) is 22.1 Å². The van der Waals surface area contributed by atoms with Crippen LogP contribution >= 0.6 is 11.3 Å². The molecule has 1 fully saturated rings. The van der Waals surface area contributed by atoms with Gasteiger partial charge in [0, 0.05) is 19.0 Å². The lowest BCUT2D eigenvalue weighted by Gasteiger charge is -2.24. The minimum Gasteiger partial charge on any atom is -0.338 e. The first-order valence-corrected chi connectivity index (χ1v) is 9.82. The van der Waals surface area contributed by atoms with Gasteiger partial charge in [-0.05, 0) is 36.4 Å². The van der Waals surface area contributed by atoms with E-state index >= 15 is 0 Å². The molecule has 27 heavy (non-hydrogen) atoms. The Morgan fingerprint density at radius 1 is 1.19 bits per heavy atom. The zero-order chi connectivity index (χ0) is 18.8. The van der Waals surface area contributed by atoms with E-state index in [1.807, 2.05) is 35.7 Å². The van der Waals surface area contributed by atoms with Gasteiger partial charge in [0.1, 0.15) is 6.54 Å². The molecule has 6 nitrogen and oxygen atoms in total. The molecule has 0 radical (unpaired) electrons. The van der Waals surface area contributed by atoms with Crippen LogP contribution in [0.1, 0.15) is 28.9 Å². The maximum absolute atomic E-state index is 12.9. The second-order valence-corrected chi connectivity index (χ2v) is 7.61. The van der Waals surface area contributed by atoms with Gasteiger partial charge in [0.25, 0.3) is 5.56 Å². The third-order valence-corrected chi connectivity index (χ3v) is 5.87. The lowest BCUT2D eigenvalue weighted by atomic mass is 10.1. The zero-order valence-electron chi connectivity index (χ0n) is 14.7. The number of Topliss-reactive ketones (excluding diaryl/α,β-unsaturated/α-hetero) is 1. The largest absolute Gasteiger partial charge is 0.338 e. The summed E-state index contributed by atoms with van der Waals surface area (Å²) in [5.74, 6) is -0.0591. The Bertz CT molecular complexity index is 1040. The number of aromatic nitrogens is 2. The summed E-state index contributed by atoms with van der Waals surface area (Å²) in [5, 5.41) is 1.88. The Hall–Kier alpha value is -2.80. The highest BCUT2D eigenvalue weighted by atomic mass is 32.1. The lowest BCUT2D eigenvalue weighted by molar-refractivity contribution is -0.132. The molecule has 0 saturated carbocycles. The fourth-order valence-corrected chi connectivity index (χ4v) is 4.31. The van der Waals surface area contributed by atoms with E-state index in [-0.39, 0.29) is 29.8 Å². The third-order valence-electron chi connectivity index (χ3n) is 4.96. The van der Waals surface area contributed by atoms with E-state index in [4.69, 9.17) is 0 Å². The molecule has 1 unspecified atom stereocenters. The van der Waals surface area contributed by atoms with E-state index in [2.05, 4.69) is 4.98 Å². The Kier molecular flexibility index (Phi) is 4.85. The summed E-state index contributed by atoms with van der Waals surface area (Å²) in [5.41, 5.74) is 1.02. The number of thiophene rings is 1. The predicted octanol–water partition coefficient (Wildman–Crippen LogP) is 2.72. The molecular weight excluding hydrogens is 362 g/mol. The summed E-state index contributed by atoms with van der Waals surface area (Å²) in [6.45, 7) is 0.588. The van der Waals surface area contributed by atoms with Crippen LogP contribution in [0.3, 0.4) is 0 Å². The van der Waals surface area contributed by atoms with Crippen molar-refractivity contribution in [3.8, 4) is 0 Å². The smallest absolute Gasteiger partial charge is 0.269 e. The van der Waals surface area contributed by atoms with Gasteiger partial charge < -0.3 is 4.90 Å². The van der Waals surface area contributed by atoms with Crippen LogP contribution in [-0.4, -0.2) is 38.7 Å².